The zero-order valence-corrected chi connectivity index (χ0v) is 17.9. The number of carbonyl (C=O) groups is 2. The molecule has 1 saturated heterocycles. The van der Waals surface area contributed by atoms with E-state index < -0.39 is 15.4 Å². The number of anilines is 2. The molecule has 0 radical (unpaired) electrons. The molecule has 8 heteroatoms. The lowest BCUT2D eigenvalue weighted by Gasteiger charge is -2.37. The number of fused-ring (bicyclic) bond motifs is 2. The van der Waals surface area contributed by atoms with Crippen molar-refractivity contribution in [3.05, 3.63) is 59.7 Å². The van der Waals surface area contributed by atoms with E-state index in [1.807, 2.05) is 30.3 Å². The average Bonchev–Trinajstić information content (AvgIpc) is 2.96. The van der Waals surface area contributed by atoms with Gasteiger partial charge in [0.15, 0.2) is 0 Å². The number of rotatable bonds is 4. The minimum Gasteiger partial charge on any atom is -0.322 e. The van der Waals surface area contributed by atoms with E-state index in [2.05, 4.69) is 5.32 Å². The van der Waals surface area contributed by atoms with Crippen LogP contribution in [0.25, 0.3) is 0 Å². The maximum Gasteiger partial charge on any atom is 0.255 e. The summed E-state index contributed by atoms with van der Waals surface area (Å²) in [4.78, 5) is 27.6. The van der Waals surface area contributed by atoms with E-state index in [4.69, 9.17) is 0 Å². The fourth-order valence-electron chi connectivity index (χ4n) is 4.44. The maximum absolute atomic E-state index is 13.2. The number of likely N-dealkylation sites (N-methyl/N-ethyl adjacent to an activating group) is 1. The van der Waals surface area contributed by atoms with Crippen LogP contribution in [0.3, 0.4) is 0 Å². The molecule has 2 heterocycles. The average molecular weight is 428 g/mol. The van der Waals surface area contributed by atoms with Crippen LogP contribution in [0.4, 0.5) is 11.4 Å². The molecule has 0 bridgehead atoms. The molecule has 30 heavy (non-hydrogen) atoms. The second-order valence-corrected chi connectivity index (χ2v) is 10.1. The Morgan fingerprint density at radius 1 is 1.10 bits per heavy atom. The van der Waals surface area contributed by atoms with E-state index in [0.717, 1.165) is 11.3 Å². The second kappa shape index (κ2) is 7.52. The lowest BCUT2D eigenvalue weighted by Crippen LogP contribution is -2.49. The van der Waals surface area contributed by atoms with E-state index in [9.17, 15) is 18.0 Å². The third kappa shape index (κ3) is 3.30. The molecule has 0 saturated carbocycles. The highest BCUT2D eigenvalue weighted by Gasteiger charge is 2.52. The highest BCUT2D eigenvalue weighted by Crippen LogP contribution is 2.48. The van der Waals surface area contributed by atoms with Crippen molar-refractivity contribution in [1.29, 1.82) is 0 Å². The number of piperidine rings is 1. The summed E-state index contributed by atoms with van der Waals surface area (Å²) >= 11 is 0. The van der Waals surface area contributed by atoms with E-state index in [1.54, 1.807) is 37.1 Å². The van der Waals surface area contributed by atoms with Crippen LogP contribution in [-0.4, -0.2) is 50.4 Å². The van der Waals surface area contributed by atoms with Gasteiger partial charge in [-0.05, 0) is 55.7 Å². The van der Waals surface area contributed by atoms with Gasteiger partial charge < -0.3 is 10.2 Å². The van der Waals surface area contributed by atoms with Gasteiger partial charge in [0.2, 0.25) is 15.9 Å². The fraction of sp³-hybridized carbons (Fsp3) is 0.364. The van der Waals surface area contributed by atoms with Gasteiger partial charge in [-0.25, -0.2) is 12.7 Å². The number of nitrogens with zero attached hydrogens (tertiary/aromatic N) is 2. The molecular formula is C22H25N3O4S. The SMILES string of the molecule is CCS(=O)(=O)N1CCC2(CC1)C(=O)N(C)c1ccc(C(=O)Nc3ccccc3)cc12. The molecule has 1 N–H and O–H groups in total. The van der Waals surface area contributed by atoms with E-state index in [1.165, 1.54) is 4.31 Å². The molecule has 2 aliphatic heterocycles. The minimum atomic E-state index is -3.29. The van der Waals surface area contributed by atoms with Crippen molar-refractivity contribution >= 4 is 33.2 Å². The van der Waals surface area contributed by atoms with Gasteiger partial charge in [-0.1, -0.05) is 18.2 Å². The van der Waals surface area contributed by atoms with Gasteiger partial charge in [0.05, 0.1) is 11.2 Å². The Labute approximate surface area is 176 Å². The van der Waals surface area contributed by atoms with E-state index in [0.29, 0.717) is 37.2 Å². The topological polar surface area (TPSA) is 86.8 Å². The van der Waals surface area contributed by atoms with Crippen molar-refractivity contribution in [2.75, 3.05) is 36.1 Å². The summed E-state index contributed by atoms with van der Waals surface area (Å²) in [6, 6.07) is 14.5. The first-order chi connectivity index (χ1) is 14.3. The van der Waals surface area contributed by atoms with Gasteiger partial charge in [0, 0.05) is 37.1 Å². The highest BCUT2D eigenvalue weighted by atomic mass is 32.2. The van der Waals surface area contributed by atoms with Crippen LogP contribution in [0.15, 0.2) is 48.5 Å². The monoisotopic (exact) mass is 427 g/mol. The first-order valence-electron chi connectivity index (χ1n) is 10.1. The van der Waals surface area contributed by atoms with Gasteiger partial charge in [-0.2, -0.15) is 0 Å². The molecule has 2 aromatic carbocycles. The molecule has 0 aliphatic carbocycles. The summed E-state index contributed by atoms with van der Waals surface area (Å²) in [6.07, 6.45) is 0.818. The van der Waals surface area contributed by atoms with Gasteiger partial charge in [0.1, 0.15) is 0 Å². The molecule has 0 unspecified atom stereocenters. The summed E-state index contributed by atoms with van der Waals surface area (Å²) in [5.41, 5.74) is 1.98. The molecule has 0 aromatic heterocycles. The van der Waals surface area contributed by atoms with Crippen LogP contribution in [0.2, 0.25) is 0 Å². The third-order valence-corrected chi connectivity index (χ3v) is 8.10. The number of nitrogens with one attached hydrogen (secondary N) is 1. The summed E-state index contributed by atoms with van der Waals surface area (Å²) in [5, 5.41) is 2.87. The first-order valence-corrected chi connectivity index (χ1v) is 11.7. The first kappa shape index (κ1) is 20.6. The predicted octanol–water partition coefficient (Wildman–Crippen LogP) is 2.60. The fourth-order valence-corrected chi connectivity index (χ4v) is 5.54. The van der Waals surface area contributed by atoms with Crippen LogP contribution < -0.4 is 10.2 Å². The van der Waals surface area contributed by atoms with Crippen LogP contribution in [0.1, 0.15) is 35.7 Å². The Morgan fingerprint density at radius 2 is 1.77 bits per heavy atom. The van der Waals surface area contributed by atoms with Gasteiger partial charge in [-0.3, -0.25) is 9.59 Å². The van der Waals surface area contributed by atoms with Crippen LogP contribution in [0, 0.1) is 0 Å². The number of benzene rings is 2. The number of hydrogen-bond acceptors (Lipinski definition) is 4. The third-order valence-electron chi connectivity index (χ3n) is 6.22. The number of carbonyl (C=O) groups excluding carboxylic acids is 2. The molecule has 7 nitrogen and oxygen atoms in total. The van der Waals surface area contributed by atoms with E-state index in [-0.39, 0.29) is 17.6 Å². The Hall–Kier alpha value is -2.71. The van der Waals surface area contributed by atoms with Crippen molar-refractivity contribution in [2.24, 2.45) is 0 Å². The van der Waals surface area contributed by atoms with Crippen LogP contribution >= 0.6 is 0 Å². The molecule has 4 rings (SSSR count). The zero-order chi connectivity index (χ0) is 21.5. The Balaban J connectivity index is 1.64. The van der Waals surface area contributed by atoms with E-state index >= 15 is 0 Å². The van der Waals surface area contributed by atoms with Crippen molar-refractivity contribution < 1.29 is 18.0 Å². The number of hydrogen-bond donors (Lipinski definition) is 1. The Bertz CT molecular complexity index is 1090. The van der Waals surface area contributed by atoms with Gasteiger partial charge >= 0.3 is 0 Å². The number of para-hydroxylation sites is 1. The standard InChI is InChI=1S/C22H25N3O4S/c1-3-30(28,29)25-13-11-22(12-14-25)18-15-16(9-10-19(18)24(2)21(22)27)20(26)23-17-7-5-4-6-8-17/h4-10,15H,3,11-14H2,1-2H3,(H,23,26). The molecule has 2 aliphatic rings. The van der Waals surface area contributed by atoms with Crippen molar-refractivity contribution in [3.8, 4) is 0 Å². The van der Waals surface area contributed by atoms with Crippen LogP contribution in [0.5, 0.6) is 0 Å². The summed E-state index contributed by atoms with van der Waals surface area (Å²) in [5.74, 6) is -0.229. The summed E-state index contributed by atoms with van der Waals surface area (Å²) in [7, 11) is -1.56. The van der Waals surface area contributed by atoms with Gasteiger partial charge in [0.25, 0.3) is 5.91 Å². The lowest BCUT2D eigenvalue weighted by atomic mass is 9.74. The van der Waals surface area contributed by atoms with Crippen molar-refractivity contribution in [3.63, 3.8) is 0 Å². The molecule has 158 valence electrons. The highest BCUT2D eigenvalue weighted by molar-refractivity contribution is 7.89. The molecular weight excluding hydrogens is 402 g/mol. The lowest BCUT2D eigenvalue weighted by molar-refractivity contribution is -0.124. The van der Waals surface area contributed by atoms with Crippen molar-refractivity contribution in [2.45, 2.75) is 25.2 Å². The Morgan fingerprint density at radius 3 is 2.40 bits per heavy atom. The molecule has 1 spiro atoms. The quantitative estimate of drug-likeness (QED) is 0.813. The predicted molar refractivity (Wildman–Crippen MR) is 116 cm³/mol. The minimum absolute atomic E-state index is 0.0355. The zero-order valence-electron chi connectivity index (χ0n) is 17.1. The maximum atomic E-state index is 13.2. The number of amides is 2. The molecule has 1 fully saturated rings. The summed E-state index contributed by atoms with van der Waals surface area (Å²) in [6.45, 7) is 2.23. The number of sulfonamides is 1. The van der Waals surface area contributed by atoms with Gasteiger partial charge in [-0.15, -0.1) is 0 Å². The summed E-state index contributed by atoms with van der Waals surface area (Å²) < 4.78 is 26.0. The molecule has 0 atom stereocenters. The second-order valence-electron chi connectivity index (χ2n) is 7.80. The normalized spacial score (nSPS) is 18.5. The Kier molecular flexibility index (Phi) is 5.15. The van der Waals surface area contributed by atoms with Crippen LogP contribution in [-0.2, 0) is 20.2 Å². The molecule has 2 amide bonds. The largest absolute Gasteiger partial charge is 0.322 e. The smallest absolute Gasteiger partial charge is 0.255 e. The molecule has 2 aromatic rings. The van der Waals surface area contributed by atoms with Crippen molar-refractivity contribution in [1.82, 2.24) is 4.31 Å².